The van der Waals surface area contributed by atoms with Crippen molar-refractivity contribution in [1.82, 2.24) is 10.2 Å². The monoisotopic (exact) mass is 372 g/mol. The van der Waals surface area contributed by atoms with Crippen LogP contribution in [0.5, 0.6) is 0 Å². The number of anilines is 1. The summed E-state index contributed by atoms with van der Waals surface area (Å²) in [7, 11) is 0. The van der Waals surface area contributed by atoms with Gasteiger partial charge in [0.1, 0.15) is 0 Å². The van der Waals surface area contributed by atoms with Crippen molar-refractivity contribution in [1.29, 1.82) is 0 Å². The SMILES string of the molecule is NC1CCCC(C(=O)NCCCC(=O)N2CCN(c3ccccc3)CC2)C1. The fourth-order valence-electron chi connectivity index (χ4n) is 4.07. The smallest absolute Gasteiger partial charge is 0.223 e. The number of rotatable bonds is 6. The van der Waals surface area contributed by atoms with Gasteiger partial charge in [0.05, 0.1) is 0 Å². The average Bonchev–Trinajstić information content (AvgIpc) is 2.71. The van der Waals surface area contributed by atoms with Gasteiger partial charge in [-0.15, -0.1) is 0 Å². The van der Waals surface area contributed by atoms with Gasteiger partial charge in [-0.1, -0.05) is 24.6 Å². The average molecular weight is 373 g/mol. The third-order valence-corrected chi connectivity index (χ3v) is 5.71. The van der Waals surface area contributed by atoms with Crippen molar-refractivity contribution in [2.45, 2.75) is 44.6 Å². The van der Waals surface area contributed by atoms with Crippen molar-refractivity contribution in [3.05, 3.63) is 30.3 Å². The minimum atomic E-state index is 0.0514. The number of piperazine rings is 1. The van der Waals surface area contributed by atoms with Gasteiger partial charge in [-0.25, -0.2) is 0 Å². The number of nitrogens with zero attached hydrogens (tertiary/aromatic N) is 2. The number of hydrogen-bond acceptors (Lipinski definition) is 4. The van der Waals surface area contributed by atoms with Crippen LogP contribution < -0.4 is 16.0 Å². The molecule has 6 nitrogen and oxygen atoms in total. The lowest BCUT2D eigenvalue weighted by molar-refractivity contribution is -0.132. The van der Waals surface area contributed by atoms with Gasteiger partial charge < -0.3 is 20.9 Å². The molecule has 2 unspecified atom stereocenters. The molecule has 0 radical (unpaired) electrons. The van der Waals surface area contributed by atoms with Crippen molar-refractivity contribution in [2.75, 3.05) is 37.6 Å². The maximum atomic E-state index is 12.4. The topological polar surface area (TPSA) is 78.7 Å². The molecule has 1 aliphatic carbocycles. The van der Waals surface area contributed by atoms with Crippen LogP contribution in [0, 0.1) is 5.92 Å². The molecule has 2 aliphatic rings. The van der Waals surface area contributed by atoms with Crippen LogP contribution in [0.25, 0.3) is 0 Å². The second-order valence-electron chi connectivity index (χ2n) is 7.72. The van der Waals surface area contributed by atoms with Crippen LogP contribution in [0.1, 0.15) is 38.5 Å². The van der Waals surface area contributed by atoms with Crippen molar-refractivity contribution in [3.8, 4) is 0 Å². The minimum absolute atomic E-state index is 0.0514. The van der Waals surface area contributed by atoms with Crippen LogP contribution in [0.4, 0.5) is 5.69 Å². The van der Waals surface area contributed by atoms with Crippen LogP contribution in [0.2, 0.25) is 0 Å². The molecule has 0 aromatic heterocycles. The van der Waals surface area contributed by atoms with E-state index < -0.39 is 0 Å². The lowest BCUT2D eigenvalue weighted by atomic mass is 9.85. The molecule has 3 N–H and O–H groups in total. The quantitative estimate of drug-likeness (QED) is 0.746. The highest BCUT2D eigenvalue weighted by Gasteiger charge is 2.25. The number of carbonyl (C=O) groups excluding carboxylic acids is 2. The zero-order valence-corrected chi connectivity index (χ0v) is 16.1. The Morgan fingerprint density at radius 1 is 1.07 bits per heavy atom. The Kier molecular flexibility index (Phi) is 7.10. The molecule has 1 saturated carbocycles. The Hall–Kier alpha value is -2.08. The largest absolute Gasteiger partial charge is 0.368 e. The molecule has 0 spiro atoms. The van der Waals surface area contributed by atoms with Gasteiger partial charge in [-0.05, 0) is 37.8 Å². The van der Waals surface area contributed by atoms with Crippen molar-refractivity contribution in [2.24, 2.45) is 11.7 Å². The van der Waals surface area contributed by atoms with Crippen LogP contribution in [0.15, 0.2) is 30.3 Å². The Morgan fingerprint density at radius 2 is 1.81 bits per heavy atom. The van der Waals surface area contributed by atoms with E-state index in [1.807, 2.05) is 23.1 Å². The molecule has 2 amide bonds. The number of nitrogens with two attached hydrogens (primary N) is 1. The van der Waals surface area contributed by atoms with E-state index >= 15 is 0 Å². The summed E-state index contributed by atoms with van der Waals surface area (Å²) in [5, 5.41) is 2.99. The molecule has 27 heavy (non-hydrogen) atoms. The lowest BCUT2D eigenvalue weighted by Gasteiger charge is -2.36. The molecule has 1 aliphatic heterocycles. The fraction of sp³-hybridized carbons (Fsp3) is 0.619. The van der Waals surface area contributed by atoms with Gasteiger partial charge in [0.15, 0.2) is 0 Å². The molecular formula is C21H32N4O2. The highest BCUT2D eigenvalue weighted by molar-refractivity contribution is 5.79. The van der Waals surface area contributed by atoms with Crippen molar-refractivity contribution in [3.63, 3.8) is 0 Å². The van der Waals surface area contributed by atoms with Crippen LogP contribution in [-0.2, 0) is 9.59 Å². The van der Waals surface area contributed by atoms with Gasteiger partial charge >= 0.3 is 0 Å². The summed E-state index contributed by atoms with van der Waals surface area (Å²) in [5.41, 5.74) is 7.17. The highest BCUT2D eigenvalue weighted by Crippen LogP contribution is 2.23. The van der Waals surface area contributed by atoms with E-state index in [2.05, 4.69) is 22.3 Å². The fourth-order valence-corrected chi connectivity index (χ4v) is 4.07. The van der Waals surface area contributed by atoms with Gasteiger partial charge in [-0.2, -0.15) is 0 Å². The van der Waals surface area contributed by atoms with Crippen LogP contribution >= 0.6 is 0 Å². The zero-order chi connectivity index (χ0) is 19.1. The summed E-state index contributed by atoms with van der Waals surface area (Å²) in [6.07, 6.45) is 4.97. The number of hydrogen-bond donors (Lipinski definition) is 2. The molecule has 0 bridgehead atoms. The predicted molar refractivity (Wildman–Crippen MR) is 107 cm³/mol. The van der Waals surface area contributed by atoms with Crippen LogP contribution in [0.3, 0.4) is 0 Å². The first-order chi connectivity index (χ1) is 13.1. The Bertz CT molecular complexity index is 614. The van der Waals surface area contributed by atoms with Crippen molar-refractivity contribution < 1.29 is 9.59 Å². The molecule has 6 heteroatoms. The number of amides is 2. The number of carbonyl (C=O) groups is 2. The molecular weight excluding hydrogens is 340 g/mol. The Morgan fingerprint density at radius 3 is 2.52 bits per heavy atom. The normalized spacial score (nSPS) is 23.1. The molecule has 148 valence electrons. The summed E-state index contributed by atoms with van der Waals surface area (Å²) in [4.78, 5) is 28.9. The number of para-hydroxylation sites is 1. The molecule has 3 rings (SSSR count). The van der Waals surface area contributed by atoms with E-state index in [9.17, 15) is 9.59 Å². The second kappa shape index (κ2) is 9.74. The molecule has 2 atom stereocenters. The maximum absolute atomic E-state index is 12.4. The summed E-state index contributed by atoms with van der Waals surface area (Å²) in [5.74, 6) is 0.348. The highest BCUT2D eigenvalue weighted by atomic mass is 16.2. The van der Waals surface area contributed by atoms with E-state index in [4.69, 9.17) is 5.73 Å². The summed E-state index contributed by atoms with van der Waals surface area (Å²) < 4.78 is 0. The summed E-state index contributed by atoms with van der Waals surface area (Å²) in [6, 6.07) is 10.5. The standard InChI is InChI=1S/C21H32N4O2/c22-18-7-4-6-17(16-18)21(27)23-11-5-10-20(26)25-14-12-24(13-15-25)19-8-2-1-3-9-19/h1-3,8-9,17-18H,4-7,10-16,22H2,(H,23,27). The molecule has 1 heterocycles. The van der Waals surface area contributed by atoms with Crippen molar-refractivity contribution >= 4 is 17.5 Å². The number of nitrogens with one attached hydrogen (secondary N) is 1. The molecule has 1 saturated heterocycles. The Balaban J connectivity index is 1.31. The number of benzene rings is 1. The zero-order valence-electron chi connectivity index (χ0n) is 16.1. The van der Waals surface area contributed by atoms with E-state index in [-0.39, 0.29) is 23.8 Å². The second-order valence-corrected chi connectivity index (χ2v) is 7.72. The van der Waals surface area contributed by atoms with Gasteiger partial charge in [0.2, 0.25) is 11.8 Å². The molecule has 1 aromatic carbocycles. The van der Waals surface area contributed by atoms with E-state index in [0.717, 1.165) is 51.9 Å². The third kappa shape index (κ3) is 5.70. The first kappa shape index (κ1) is 19.7. The lowest BCUT2D eigenvalue weighted by Crippen LogP contribution is -2.48. The maximum Gasteiger partial charge on any atom is 0.223 e. The first-order valence-electron chi connectivity index (χ1n) is 10.2. The molecule has 1 aromatic rings. The Labute approximate surface area is 162 Å². The van der Waals surface area contributed by atoms with E-state index in [1.54, 1.807) is 0 Å². The van der Waals surface area contributed by atoms with Gasteiger partial charge in [-0.3, -0.25) is 9.59 Å². The third-order valence-electron chi connectivity index (χ3n) is 5.71. The van der Waals surface area contributed by atoms with Gasteiger partial charge in [0.25, 0.3) is 0 Å². The van der Waals surface area contributed by atoms with Gasteiger partial charge in [0, 0.05) is 56.8 Å². The van der Waals surface area contributed by atoms with E-state index in [0.29, 0.717) is 19.4 Å². The minimum Gasteiger partial charge on any atom is -0.368 e. The summed E-state index contributed by atoms with van der Waals surface area (Å²) in [6.45, 7) is 3.84. The van der Waals surface area contributed by atoms with Crippen LogP contribution in [-0.4, -0.2) is 55.5 Å². The predicted octanol–water partition coefficient (Wildman–Crippen LogP) is 1.75. The first-order valence-corrected chi connectivity index (χ1v) is 10.2. The van der Waals surface area contributed by atoms with E-state index in [1.165, 1.54) is 5.69 Å². The molecule has 2 fully saturated rings. The summed E-state index contributed by atoms with van der Waals surface area (Å²) >= 11 is 0.